The van der Waals surface area contributed by atoms with Crippen molar-refractivity contribution in [2.24, 2.45) is 11.7 Å². The second-order valence-corrected chi connectivity index (χ2v) is 6.60. The summed E-state index contributed by atoms with van der Waals surface area (Å²) < 4.78 is 0. The van der Waals surface area contributed by atoms with E-state index in [1.807, 2.05) is 6.07 Å². The number of carbonyl (C=O) groups excluding carboxylic acids is 3. The van der Waals surface area contributed by atoms with Gasteiger partial charge in [-0.15, -0.1) is 0 Å². The van der Waals surface area contributed by atoms with Crippen LogP contribution in [0.4, 0.5) is 5.69 Å². The quantitative estimate of drug-likeness (QED) is 0.480. The Balaban J connectivity index is 0.000000237. The number of hydrazine groups is 1. The molecule has 3 amide bonds. The van der Waals surface area contributed by atoms with Crippen LogP contribution in [0.1, 0.15) is 52.8 Å². The van der Waals surface area contributed by atoms with E-state index in [0.717, 1.165) is 25.7 Å². The van der Waals surface area contributed by atoms with E-state index in [0.29, 0.717) is 16.8 Å². The van der Waals surface area contributed by atoms with E-state index in [4.69, 9.17) is 11.5 Å². The third kappa shape index (κ3) is 6.42. The van der Waals surface area contributed by atoms with Crippen molar-refractivity contribution >= 4 is 23.4 Å². The number of nitrogens with two attached hydrogens (primary N) is 2. The van der Waals surface area contributed by atoms with Gasteiger partial charge in [0.25, 0.3) is 11.8 Å². The zero-order valence-electron chi connectivity index (χ0n) is 15.7. The largest absolute Gasteiger partial charge is 0.398 e. The number of hydrogen-bond acceptors (Lipinski definition) is 4. The number of para-hydroxylation sites is 1. The first-order valence-corrected chi connectivity index (χ1v) is 9.28. The van der Waals surface area contributed by atoms with E-state index >= 15 is 0 Å². The van der Waals surface area contributed by atoms with Crippen LogP contribution in [-0.2, 0) is 4.79 Å². The smallest absolute Gasteiger partial charge is 0.269 e. The fourth-order valence-corrected chi connectivity index (χ4v) is 2.97. The molecule has 0 saturated heterocycles. The lowest BCUT2D eigenvalue weighted by Crippen LogP contribution is -2.44. The molecular formula is C21H26N4O3. The predicted octanol–water partition coefficient (Wildman–Crippen LogP) is 2.40. The van der Waals surface area contributed by atoms with Crippen molar-refractivity contribution < 1.29 is 14.4 Å². The average Bonchev–Trinajstić information content (AvgIpc) is 2.73. The molecule has 0 aromatic heterocycles. The van der Waals surface area contributed by atoms with Gasteiger partial charge in [0.1, 0.15) is 0 Å². The van der Waals surface area contributed by atoms with Crippen LogP contribution in [0, 0.1) is 5.92 Å². The third-order valence-corrected chi connectivity index (χ3v) is 4.54. The van der Waals surface area contributed by atoms with Gasteiger partial charge < -0.3 is 11.5 Å². The van der Waals surface area contributed by atoms with Gasteiger partial charge in [0.2, 0.25) is 5.91 Å². The number of rotatable bonds is 3. The second-order valence-electron chi connectivity index (χ2n) is 6.60. The van der Waals surface area contributed by atoms with E-state index < -0.39 is 5.91 Å². The van der Waals surface area contributed by atoms with Gasteiger partial charge in [-0.3, -0.25) is 25.2 Å². The number of nitrogen functional groups attached to an aromatic ring is 1. The zero-order valence-corrected chi connectivity index (χ0v) is 15.7. The van der Waals surface area contributed by atoms with Crippen LogP contribution in [0.25, 0.3) is 0 Å². The Morgan fingerprint density at radius 2 is 1.43 bits per heavy atom. The van der Waals surface area contributed by atoms with Crippen LogP contribution in [-0.4, -0.2) is 17.7 Å². The standard InChI is InChI=1S/C14H18N2O2.C7H8N2O/c17-13(11-7-3-1-4-8-11)15-16-14(18)12-9-5-2-6-10-12;8-6-4-2-1-3-5(6)7(9)10/h1,3-4,7-8,12H,2,5-6,9-10H2,(H,15,17)(H,16,18);1-4H,8H2,(H2,9,10). The predicted molar refractivity (Wildman–Crippen MR) is 108 cm³/mol. The van der Waals surface area contributed by atoms with E-state index in [1.54, 1.807) is 48.5 Å². The summed E-state index contributed by atoms with van der Waals surface area (Å²) in [5, 5.41) is 0. The van der Waals surface area contributed by atoms with Crippen molar-refractivity contribution in [1.82, 2.24) is 10.9 Å². The first-order valence-electron chi connectivity index (χ1n) is 9.28. The van der Waals surface area contributed by atoms with Gasteiger partial charge in [0, 0.05) is 17.2 Å². The lowest BCUT2D eigenvalue weighted by molar-refractivity contribution is -0.126. The molecule has 7 heteroatoms. The topological polar surface area (TPSA) is 127 Å². The molecule has 0 spiro atoms. The molecule has 1 fully saturated rings. The normalized spacial score (nSPS) is 13.6. The molecule has 0 radical (unpaired) electrons. The van der Waals surface area contributed by atoms with Crippen molar-refractivity contribution in [1.29, 1.82) is 0 Å². The van der Waals surface area contributed by atoms with Crippen molar-refractivity contribution in [3.05, 3.63) is 65.7 Å². The van der Waals surface area contributed by atoms with Gasteiger partial charge in [0.05, 0.1) is 5.56 Å². The minimum absolute atomic E-state index is 0.0508. The molecule has 0 unspecified atom stereocenters. The first-order chi connectivity index (χ1) is 13.5. The summed E-state index contributed by atoms with van der Waals surface area (Å²) in [5.41, 5.74) is 16.7. The molecule has 0 heterocycles. The molecule has 7 nitrogen and oxygen atoms in total. The Hall–Kier alpha value is -3.35. The Bertz CT molecular complexity index is 802. The fraction of sp³-hybridized carbons (Fsp3) is 0.286. The number of amides is 3. The molecular weight excluding hydrogens is 356 g/mol. The minimum Gasteiger partial charge on any atom is -0.398 e. The van der Waals surface area contributed by atoms with Gasteiger partial charge in [0.15, 0.2) is 0 Å². The maximum absolute atomic E-state index is 11.8. The molecule has 0 atom stereocenters. The van der Waals surface area contributed by atoms with Gasteiger partial charge in [-0.05, 0) is 37.1 Å². The van der Waals surface area contributed by atoms with Crippen LogP contribution in [0.15, 0.2) is 54.6 Å². The van der Waals surface area contributed by atoms with Gasteiger partial charge in [-0.2, -0.15) is 0 Å². The van der Waals surface area contributed by atoms with Crippen LogP contribution in [0.2, 0.25) is 0 Å². The first kappa shape index (κ1) is 21.0. The summed E-state index contributed by atoms with van der Waals surface area (Å²) in [6.45, 7) is 0. The summed E-state index contributed by atoms with van der Waals surface area (Å²) in [5.74, 6) is -0.785. The van der Waals surface area contributed by atoms with Crippen molar-refractivity contribution in [2.75, 3.05) is 5.73 Å². The van der Waals surface area contributed by atoms with Gasteiger partial charge in [-0.1, -0.05) is 49.6 Å². The maximum Gasteiger partial charge on any atom is 0.269 e. The third-order valence-electron chi connectivity index (χ3n) is 4.54. The highest BCUT2D eigenvalue weighted by Crippen LogP contribution is 2.23. The molecule has 1 aliphatic carbocycles. The molecule has 2 aromatic rings. The van der Waals surface area contributed by atoms with E-state index in [9.17, 15) is 14.4 Å². The average molecular weight is 382 g/mol. The van der Waals surface area contributed by atoms with E-state index in [1.165, 1.54) is 6.42 Å². The van der Waals surface area contributed by atoms with Crippen LogP contribution in [0.5, 0.6) is 0 Å². The highest BCUT2D eigenvalue weighted by molar-refractivity contribution is 5.97. The Labute approximate surface area is 164 Å². The number of nitrogens with one attached hydrogen (secondary N) is 2. The number of carbonyl (C=O) groups is 3. The number of hydrogen-bond donors (Lipinski definition) is 4. The molecule has 148 valence electrons. The van der Waals surface area contributed by atoms with Gasteiger partial charge >= 0.3 is 0 Å². The van der Waals surface area contributed by atoms with Gasteiger partial charge in [-0.25, -0.2) is 0 Å². The van der Waals surface area contributed by atoms with E-state index in [-0.39, 0.29) is 17.7 Å². The molecule has 2 aromatic carbocycles. The summed E-state index contributed by atoms with van der Waals surface area (Å²) in [6, 6.07) is 15.5. The summed E-state index contributed by atoms with van der Waals surface area (Å²) in [7, 11) is 0. The zero-order chi connectivity index (χ0) is 20.4. The SMILES string of the molecule is NC(=O)c1ccccc1N.O=C(NNC(=O)C1CCCCC1)c1ccccc1. The Morgan fingerprint density at radius 1 is 0.821 bits per heavy atom. The van der Waals surface area contributed by atoms with Crippen molar-refractivity contribution in [2.45, 2.75) is 32.1 Å². The Morgan fingerprint density at radius 3 is 2.00 bits per heavy atom. The lowest BCUT2D eigenvalue weighted by atomic mass is 9.89. The van der Waals surface area contributed by atoms with Crippen LogP contribution < -0.4 is 22.3 Å². The number of primary amides is 1. The monoisotopic (exact) mass is 382 g/mol. The highest BCUT2D eigenvalue weighted by atomic mass is 16.2. The number of anilines is 1. The van der Waals surface area contributed by atoms with Crippen molar-refractivity contribution in [3.8, 4) is 0 Å². The molecule has 28 heavy (non-hydrogen) atoms. The summed E-state index contributed by atoms with van der Waals surface area (Å²) in [6.07, 6.45) is 5.26. The molecule has 6 N–H and O–H groups in total. The van der Waals surface area contributed by atoms with Crippen LogP contribution >= 0.6 is 0 Å². The molecule has 0 bridgehead atoms. The highest BCUT2D eigenvalue weighted by Gasteiger charge is 2.21. The molecule has 0 aliphatic heterocycles. The summed E-state index contributed by atoms with van der Waals surface area (Å²) in [4.78, 5) is 34.1. The van der Waals surface area contributed by atoms with Crippen LogP contribution in [0.3, 0.4) is 0 Å². The second kappa shape index (κ2) is 10.7. The van der Waals surface area contributed by atoms with Crippen molar-refractivity contribution in [3.63, 3.8) is 0 Å². The number of benzene rings is 2. The fourth-order valence-electron chi connectivity index (χ4n) is 2.97. The molecule has 1 saturated carbocycles. The lowest BCUT2D eigenvalue weighted by Gasteiger charge is -2.20. The minimum atomic E-state index is -0.488. The maximum atomic E-state index is 11.8. The van der Waals surface area contributed by atoms with E-state index in [2.05, 4.69) is 10.9 Å². The Kier molecular flexibility index (Phi) is 8.02. The molecule has 1 aliphatic rings. The molecule has 3 rings (SSSR count). The summed E-state index contributed by atoms with van der Waals surface area (Å²) >= 11 is 0.